The zero-order valence-corrected chi connectivity index (χ0v) is 14.3. The van der Waals surface area contributed by atoms with E-state index in [9.17, 15) is 29.7 Å². The summed E-state index contributed by atoms with van der Waals surface area (Å²) in [6, 6.07) is -0.876. The molecule has 0 unspecified atom stereocenters. The number of methoxy groups -OCH3 is 1. The van der Waals surface area contributed by atoms with E-state index in [0.29, 0.717) is 0 Å². The Hall–Kier alpha value is -1.83. The van der Waals surface area contributed by atoms with Crippen LogP contribution in [-0.4, -0.2) is 102 Å². The predicted octanol–water partition coefficient (Wildman–Crippen LogP) is -4.40. The number of carbonyl (C=O) groups excluding carboxylic acids is 3. The highest BCUT2D eigenvalue weighted by Gasteiger charge is 2.46. The molecule has 1 fully saturated rings. The van der Waals surface area contributed by atoms with E-state index < -0.39 is 74.3 Å². The molecule has 12 heteroatoms. The van der Waals surface area contributed by atoms with Crippen molar-refractivity contribution in [3.8, 4) is 0 Å². The van der Waals surface area contributed by atoms with E-state index in [0.717, 1.165) is 0 Å². The number of ether oxygens (including phenoxy) is 3. The fraction of sp³-hybridized carbons (Fsp3) is 0.786. The molecular weight excluding hydrogens is 356 g/mol. The number of nitrogens with one attached hydrogen (secondary N) is 2. The number of hydrogen-bond acceptors (Lipinski definition) is 10. The third-order valence-electron chi connectivity index (χ3n) is 3.58. The smallest absolute Gasteiger partial charge is 0.328 e. The van der Waals surface area contributed by atoms with Crippen molar-refractivity contribution in [2.45, 2.75) is 43.7 Å². The molecule has 0 spiro atoms. The molecule has 2 amide bonds. The van der Waals surface area contributed by atoms with Gasteiger partial charge in [0, 0.05) is 0 Å². The van der Waals surface area contributed by atoms with Gasteiger partial charge >= 0.3 is 5.97 Å². The number of aliphatic hydroxyl groups is 4. The first-order chi connectivity index (χ1) is 12.2. The summed E-state index contributed by atoms with van der Waals surface area (Å²) < 4.78 is 14.5. The van der Waals surface area contributed by atoms with Gasteiger partial charge in [-0.3, -0.25) is 9.59 Å². The van der Waals surface area contributed by atoms with Crippen molar-refractivity contribution in [3.05, 3.63) is 0 Å². The quantitative estimate of drug-likeness (QED) is 0.213. The van der Waals surface area contributed by atoms with Gasteiger partial charge < -0.3 is 45.3 Å². The van der Waals surface area contributed by atoms with Gasteiger partial charge in [-0.2, -0.15) is 0 Å². The highest BCUT2D eigenvalue weighted by molar-refractivity contribution is 5.88. The largest absolute Gasteiger partial charge is 0.467 e. The molecule has 1 aliphatic heterocycles. The number of rotatable bonds is 9. The first-order valence-corrected chi connectivity index (χ1v) is 7.77. The summed E-state index contributed by atoms with van der Waals surface area (Å²) in [4.78, 5) is 34.4. The highest BCUT2D eigenvalue weighted by atomic mass is 16.7. The Morgan fingerprint density at radius 3 is 2.42 bits per heavy atom. The van der Waals surface area contributed by atoms with Gasteiger partial charge in [0.05, 0.1) is 20.3 Å². The van der Waals surface area contributed by atoms with E-state index in [1.54, 1.807) is 0 Å². The molecule has 1 aliphatic rings. The summed E-state index contributed by atoms with van der Waals surface area (Å²) in [5, 5.41) is 42.3. The van der Waals surface area contributed by atoms with Gasteiger partial charge in [-0.1, -0.05) is 0 Å². The van der Waals surface area contributed by atoms with Crippen molar-refractivity contribution in [2.24, 2.45) is 0 Å². The first-order valence-electron chi connectivity index (χ1n) is 7.77. The Bertz CT molecular complexity index is 502. The highest BCUT2D eigenvalue weighted by Crippen LogP contribution is 2.24. The molecule has 1 rings (SSSR count). The molecule has 0 aromatic rings. The van der Waals surface area contributed by atoms with Crippen LogP contribution in [0.3, 0.4) is 0 Å². The van der Waals surface area contributed by atoms with Crippen LogP contribution >= 0.6 is 0 Å². The second-order valence-electron chi connectivity index (χ2n) is 5.60. The average molecular weight is 380 g/mol. The van der Waals surface area contributed by atoms with Gasteiger partial charge in [0.2, 0.25) is 11.8 Å². The molecule has 150 valence electrons. The Kier molecular flexibility index (Phi) is 8.84. The van der Waals surface area contributed by atoms with Gasteiger partial charge in [0.25, 0.3) is 0 Å². The second kappa shape index (κ2) is 10.4. The molecule has 1 heterocycles. The van der Waals surface area contributed by atoms with Crippen LogP contribution in [0.4, 0.5) is 0 Å². The van der Waals surface area contributed by atoms with Crippen LogP contribution in [0, 0.1) is 0 Å². The summed E-state index contributed by atoms with van der Waals surface area (Å²) >= 11 is 0. The van der Waals surface area contributed by atoms with Crippen molar-refractivity contribution >= 4 is 17.8 Å². The zero-order chi connectivity index (χ0) is 19.9. The summed E-state index contributed by atoms with van der Waals surface area (Å²) in [5.74, 6) is -1.99. The van der Waals surface area contributed by atoms with Gasteiger partial charge in [-0.05, 0) is 6.92 Å². The molecular formula is C14H24N2O10. The normalized spacial score (nSPS) is 27.5. The van der Waals surface area contributed by atoms with Crippen LogP contribution < -0.4 is 10.6 Å². The van der Waals surface area contributed by atoms with E-state index in [1.807, 2.05) is 0 Å². The van der Waals surface area contributed by atoms with Crippen molar-refractivity contribution < 1.29 is 49.0 Å². The van der Waals surface area contributed by atoms with Gasteiger partial charge in [-0.15, -0.1) is 0 Å². The monoisotopic (exact) mass is 380 g/mol. The Morgan fingerprint density at radius 1 is 1.19 bits per heavy atom. The lowest BCUT2D eigenvalue weighted by Gasteiger charge is -2.18. The van der Waals surface area contributed by atoms with Crippen molar-refractivity contribution in [3.63, 3.8) is 0 Å². The van der Waals surface area contributed by atoms with Crippen molar-refractivity contribution in [1.29, 1.82) is 0 Å². The summed E-state index contributed by atoms with van der Waals surface area (Å²) in [5.41, 5.74) is 0. The van der Waals surface area contributed by atoms with Gasteiger partial charge in [-0.25, -0.2) is 4.79 Å². The predicted molar refractivity (Wildman–Crippen MR) is 82.3 cm³/mol. The molecule has 0 saturated carbocycles. The Morgan fingerprint density at radius 2 is 1.85 bits per heavy atom. The summed E-state index contributed by atoms with van der Waals surface area (Å²) in [6.45, 7) is -0.306. The lowest BCUT2D eigenvalue weighted by molar-refractivity contribution is -0.183. The van der Waals surface area contributed by atoms with E-state index in [4.69, 9.17) is 14.6 Å². The lowest BCUT2D eigenvalue weighted by Crippen LogP contribution is -2.45. The molecule has 0 aromatic heterocycles. The molecule has 0 aromatic carbocycles. The van der Waals surface area contributed by atoms with Crippen molar-refractivity contribution in [1.82, 2.24) is 10.6 Å². The minimum absolute atomic E-state index is 0.425. The average Bonchev–Trinajstić information content (AvgIpc) is 2.91. The zero-order valence-electron chi connectivity index (χ0n) is 14.3. The number of amides is 2. The summed E-state index contributed by atoms with van der Waals surface area (Å²) in [7, 11) is 1.17. The van der Waals surface area contributed by atoms with Crippen LogP contribution in [0.25, 0.3) is 0 Å². The molecule has 12 nitrogen and oxygen atoms in total. The van der Waals surface area contributed by atoms with E-state index in [-0.39, 0.29) is 0 Å². The second-order valence-corrected chi connectivity index (χ2v) is 5.60. The van der Waals surface area contributed by atoms with Crippen LogP contribution in [-0.2, 0) is 28.6 Å². The minimum Gasteiger partial charge on any atom is -0.467 e. The number of aliphatic hydroxyl groups excluding tert-OH is 4. The lowest BCUT2D eigenvalue weighted by atomic mass is 10.1. The topological polar surface area (TPSA) is 184 Å². The van der Waals surface area contributed by atoms with E-state index >= 15 is 0 Å². The maximum absolute atomic E-state index is 11.6. The molecule has 6 atom stereocenters. The molecule has 0 radical (unpaired) electrons. The third kappa shape index (κ3) is 6.16. The SMILES string of the molecule is COC(=O)[C@H](C)NC(=O)CNC(=O)CO[C@H]1O[C@H]([C@H](O)CO)[C@H](O)[C@@H]1O. The van der Waals surface area contributed by atoms with Crippen LogP contribution in [0.15, 0.2) is 0 Å². The fourth-order valence-electron chi connectivity index (χ4n) is 2.15. The molecule has 26 heavy (non-hydrogen) atoms. The molecule has 0 bridgehead atoms. The van der Waals surface area contributed by atoms with Crippen LogP contribution in [0.5, 0.6) is 0 Å². The Labute approximate surface area is 149 Å². The van der Waals surface area contributed by atoms with E-state index in [2.05, 4.69) is 15.4 Å². The number of carbonyl (C=O) groups is 3. The van der Waals surface area contributed by atoms with Crippen molar-refractivity contribution in [2.75, 3.05) is 26.9 Å². The number of hydrogen-bond donors (Lipinski definition) is 6. The summed E-state index contributed by atoms with van der Waals surface area (Å²) in [6.07, 6.45) is -7.12. The minimum atomic E-state index is -1.53. The van der Waals surface area contributed by atoms with E-state index in [1.165, 1.54) is 14.0 Å². The molecule has 1 saturated heterocycles. The van der Waals surface area contributed by atoms with Crippen LogP contribution in [0.1, 0.15) is 6.92 Å². The maximum Gasteiger partial charge on any atom is 0.328 e. The molecule has 0 aliphatic carbocycles. The fourth-order valence-corrected chi connectivity index (χ4v) is 2.15. The number of esters is 1. The standard InChI is InChI=1S/C14H24N2O10/c1-6(13(23)24-2)16-8(19)3-15-9(20)5-25-14-11(22)10(21)12(26-14)7(18)4-17/h6-7,10-12,14,17-18,21-22H,3-5H2,1-2H3,(H,15,20)(H,16,19)/t6-,7+,10+,11-,12+,14-/m0/s1. The Balaban J connectivity index is 2.34. The van der Waals surface area contributed by atoms with Gasteiger partial charge in [0.15, 0.2) is 6.29 Å². The third-order valence-corrected chi connectivity index (χ3v) is 3.58. The van der Waals surface area contributed by atoms with Gasteiger partial charge in [0.1, 0.15) is 37.1 Å². The molecule has 6 N–H and O–H groups in total. The first kappa shape index (κ1) is 22.2. The van der Waals surface area contributed by atoms with Crippen LogP contribution in [0.2, 0.25) is 0 Å². The maximum atomic E-state index is 11.6.